The smallest absolute Gasteiger partial charge is 0.241 e. The molecule has 0 atom stereocenters. The Labute approximate surface area is 144 Å². The molecule has 1 aromatic rings. The van der Waals surface area contributed by atoms with Crippen LogP contribution in [0, 0.1) is 0 Å². The highest BCUT2D eigenvalue weighted by atomic mass is 35.5. The first-order valence-electron chi connectivity index (χ1n) is 7.17. The molecule has 6 nitrogen and oxygen atoms in total. The fourth-order valence-electron chi connectivity index (χ4n) is 2.81. The summed E-state index contributed by atoms with van der Waals surface area (Å²) in [6, 6.07) is 5.92. The molecule has 1 aliphatic carbocycles. The van der Waals surface area contributed by atoms with E-state index in [1.165, 1.54) is 24.3 Å². The van der Waals surface area contributed by atoms with Gasteiger partial charge in [-0.2, -0.15) is 0 Å². The number of hydrogen-bond acceptors (Lipinski definition) is 5. The van der Waals surface area contributed by atoms with Crippen LogP contribution >= 0.6 is 12.4 Å². The first kappa shape index (κ1) is 20.4. The van der Waals surface area contributed by atoms with Crippen LogP contribution in [-0.4, -0.2) is 35.2 Å². The molecule has 1 fully saturated rings. The summed E-state index contributed by atoms with van der Waals surface area (Å²) >= 11 is 0. The van der Waals surface area contributed by atoms with Gasteiger partial charge in [0.25, 0.3) is 0 Å². The Morgan fingerprint density at radius 3 is 2.04 bits per heavy atom. The van der Waals surface area contributed by atoms with Gasteiger partial charge in [-0.1, -0.05) is 25.0 Å². The van der Waals surface area contributed by atoms with Crippen molar-refractivity contribution in [3.8, 4) is 0 Å². The van der Waals surface area contributed by atoms with Crippen molar-refractivity contribution < 1.29 is 16.8 Å². The fourth-order valence-corrected chi connectivity index (χ4v) is 5.08. The molecule has 0 aromatic heterocycles. The zero-order valence-corrected chi connectivity index (χ0v) is 15.4. The molecule has 132 valence electrons. The van der Waals surface area contributed by atoms with Gasteiger partial charge in [0.05, 0.1) is 10.6 Å². The van der Waals surface area contributed by atoms with Crippen molar-refractivity contribution in [2.45, 2.75) is 41.9 Å². The second-order valence-corrected chi connectivity index (χ2v) is 9.83. The SMILES string of the molecule is CS(=O)(=O)Cc1ccc(S(=O)(=O)NC2(CN)CCCC2)cc1.Cl. The van der Waals surface area contributed by atoms with Crippen LogP contribution in [0.4, 0.5) is 0 Å². The van der Waals surface area contributed by atoms with Gasteiger partial charge >= 0.3 is 0 Å². The zero-order valence-electron chi connectivity index (χ0n) is 13.0. The summed E-state index contributed by atoms with van der Waals surface area (Å²) < 4.78 is 50.2. The van der Waals surface area contributed by atoms with Crippen LogP contribution in [0.15, 0.2) is 29.2 Å². The van der Waals surface area contributed by atoms with E-state index >= 15 is 0 Å². The van der Waals surface area contributed by atoms with Gasteiger partial charge in [-0.15, -0.1) is 12.4 Å². The standard InChI is InChI=1S/C14H22N2O4S2.ClH/c1-21(17,18)10-12-4-6-13(7-5-12)22(19,20)16-14(11-15)8-2-3-9-14;/h4-7,16H,2-3,8-11,15H2,1H3;1H. The maximum Gasteiger partial charge on any atom is 0.241 e. The van der Waals surface area contributed by atoms with Gasteiger partial charge < -0.3 is 5.73 Å². The predicted octanol–water partition coefficient (Wildman–Crippen LogP) is 1.20. The minimum absolute atomic E-state index is 0. The van der Waals surface area contributed by atoms with Crippen molar-refractivity contribution >= 4 is 32.3 Å². The largest absolute Gasteiger partial charge is 0.329 e. The zero-order chi connectivity index (χ0) is 16.4. The molecule has 2 rings (SSSR count). The van der Waals surface area contributed by atoms with E-state index < -0.39 is 25.4 Å². The monoisotopic (exact) mass is 382 g/mol. The van der Waals surface area contributed by atoms with E-state index in [4.69, 9.17) is 5.73 Å². The number of sulfone groups is 1. The second kappa shape index (κ2) is 7.48. The molecule has 23 heavy (non-hydrogen) atoms. The molecule has 1 saturated carbocycles. The number of sulfonamides is 1. The lowest BCUT2D eigenvalue weighted by molar-refractivity contribution is 0.399. The minimum Gasteiger partial charge on any atom is -0.329 e. The number of nitrogens with one attached hydrogen (secondary N) is 1. The van der Waals surface area contributed by atoms with E-state index in [2.05, 4.69) is 4.72 Å². The lowest BCUT2D eigenvalue weighted by atomic mass is 10.0. The van der Waals surface area contributed by atoms with E-state index in [1.54, 1.807) is 0 Å². The number of hydrogen-bond donors (Lipinski definition) is 2. The molecular formula is C14H23ClN2O4S2. The molecule has 0 bridgehead atoms. The lowest BCUT2D eigenvalue weighted by Crippen LogP contribution is -2.51. The van der Waals surface area contributed by atoms with Crippen molar-refractivity contribution in [3.05, 3.63) is 29.8 Å². The quantitative estimate of drug-likeness (QED) is 0.768. The van der Waals surface area contributed by atoms with E-state index in [-0.39, 0.29) is 29.6 Å². The van der Waals surface area contributed by atoms with Crippen molar-refractivity contribution in [1.82, 2.24) is 4.72 Å². The Morgan fingerprint density at radius 2 is 1.61 bits per heavy atom. The molecule has 0 radical (unpaired) electrons. The Hall–Kier alpha value is -0.670. The Kier molecular flexibility index (Phi) is 6.63. The molecule has 0 amide bonds. The first-order chi connectivity index (χ1) is 10.2. The second-order valence-electron chi connectivity index (χ2n) is 6.01. The van der Waals surface area contributed by atoms with Gasteiger partial charge in [-0.25, -0.2) is 21.6 Å². The summed E-state index contributed by atoms with van der Waals surface area (Å²) in [4.78, 5) is 0.129. The summed E-state index contributed by atoms with van der Waals surface area (Å²) in [6.07, 6.45) is 4.56. The average Bonchev–Trinajstić information content (AvgIpc) is 2.86. The molecule has 0 unspecified atom stereocenters. The van der Waals surface area contributed by atoms with Crippen LogP contribution in [-0.2, 0) is 25.6 Å². The highest BCUT2D eigenvalue weighted by molar-refractivity contribution is 7.90. The predicted molar refractivity (Wildman–Crippen MR) is 92.8 cm³/mol. The van der Waals surface area contributed by atoms with E-state index in [0.717, 1.165) is 31.9 Å². The topological polar surface area (TPSA) is 106 Å². The maximum absolute atomic E-state index is 12.5. The molecule has 3 N–H and O–H groups in total. The maximum atomic E-state index is 12.5. The van der Waals surface area contributed by atoms with Gasteiger partial charge in [-0.3, -0.25) is 0 Å². The summed E-state index contributed by atoms with van der Waals surface area (Å²) in [5.74, 6) is -0.104. The first-order valence-corrected chi connectivity index (χ1v) is 10.7. The van der Waals surface area contributed by atoms with Crippen molar-refractivity contribution in [2.24, 2.45) is 5.73 Å². The van der Waals surface area contributed by atoms with Crippen LogP contribution in [0.3, 0.4) is 0 Å². The average molecular weight is 383 g/mol. The number of benzene rings is 1. The fraction of sp³-hybridized carbons (Fsp3) is 0.571. The van der Waals surface area contributed by atoms with E-state index in [9.17, 15) is 16.8 Å². The Balaban J connectivity index is 0.00000264. The van der Waals surface area contributed by atoms with Gasteiger partial charge in [-0.05, 0) is 30.5 Å². The molecule has 1 aliphatic rings. The highest BCUT2D eigenvalue weighted by Gasteiger charge is 2.36. The van der Waals surface area contributed by atoms with Crippen LogP contribution in [0.25, 0.3) is 0 Å². The number of rotatable bonds is 6. The molecule has 9 heteroatoms. The van der Waals surface area contributed by atoms with Crippen molar-refractivity contribution in [2.75, 3.05) is 12.8 Å². The van der Waals surface area contributed by atoms with Crippen LogP contribution < -0.4 is 10.5 Å². The third-order valence-electron chi connectivity index (χ3n) is 3.96. The summed E-state index contributed by atoms with van der Waals surface area (Å²) in [5, 5.41) is 0. The molecule has 0 aliphatic heterocycles. The van der Waals surface area contributed by atoms with E-state index in [0.29, 0.717) is 5.56 Å². The van der Waals surface area contributed by atoms with Gasteiger partial charge in [0.15, 0.2) is 9.84 Å². The van der Waals surface area contributed by atoms with Gasteiger partial charge in [0, 0.05) is 18.3 Å². The molecule has 1 aromatic carbocycles. The summed E-state index contributed by atoms with van der Waals surface area (Å²) in [6.45, 7) is 0.276. The molecule has 0 heterocycles. The molecular weight excluding hydrogens is 360 g/mol. The summed E-state index contributed by atoms with van der Waals surface area (Å²) in [5.41, 5.74) is 5.77. The van der Waals surface area contributed by atoms with Gasteiger partial charge in [0.2, 0.25) is 10.0 Å². The molecule has 0 saturated heterocycles. The third-order valence-corrected chi connectivity index (χ3v) is 6.42. The molecule has 0 spiro atoms. The number of nitrogens with two attached hydrogens (primary N) is 1. The Bertz CT molecular complexity index is 725. The normalized spacial score (nSPS) is 17.7. The highest BCUT2D eigenvalue weighted by Crippen LogP contribution is 2.30. The third kappa shape index (κ3) is 5.42. The van der Waals surface area contributed by atoms with Crippen LogP contribution in [0.5, 0.6) is 0 Å². The summed E-state index contributed by atoms with van der Waals surface area (Å²) in [7, 11) is -6.79. The van der Waals surface area contributed by atoms with Crippen molar-refractivity contribution in [1.29, 1.82) is 0 Å². The van der Waals surface area contributed by atoms with Crippen molar-refractivity contribution in [3.63, 3.8) is 0 Å². The van der Waals surface area contributed by atoms with E-state index in [1.807, 2.05) is 0 Å². The minimum atomic E-state index is -3.65. The van der Waals surface area contributed by atoms with Crippen LogP contribution in [0.2, 0.25) is 0 Å². The van der Waals surface area contributed by atoms with Gasteiger partial charge in [0.1, 0.15) is 0 Å². The number of halogens is 1. The lowest BCUT2D eigenvalue weighted by Gasteiger charge is -2.28. The Morgan fingerprint density at radius 1 is 1.09 bits per heavy atom. The van der Waals surface area contributed by atoms with Crippen LogP contribution in [0.1, 0.15) is 31.2 Å².